The molecule has 1 aromatic carbocycles. The van der Waals surface area contributed by atoms with Crippen LogP contribution in [0.5, 0.6) is 0 Å². The van der Waals surface area contributed by atoms with Gasteiger partial charge in [-0.05, 0) is 18.2 Å². The molecule has 1 aromatic heterocycles. The summed E-state index contributed by atoms with van der Waals surface area (Å²) in [5.74, 6) is -0.583. The number of carbonyl (C=O) groups is 1. The van der Waals surface area contributed by atoms with Crippen LogP contribution in [0.25, 0.3) is 0 Å². The van der Waals surface area contributed by atoms with Crippen LogP contribution in [0.15, 0.2) is 36.9 Å². The Balaban J connectivity index is 2.08. The van der Waals surface area contributed by atoms with Crippen LogP contribution in [0, 0.1) is 5.82 Å². The molecule has 2 aromatic rings. The lowest BCUT2D eigenvalue weighted by molar-refractivity contribution is -0.114. The Morgan fingerprint density at radius 1 is 1.32 bits per heavy atom. The number of hydrogen-bond donors (Lipinski definition) is 2. The fourth-order valence-corrected chi connectivity index (χ4v) is 1.56. The van der Waals surface area contributed by atoms with Crippen molar-refractivity contribution in [2.45, 2.75) is 13.5 Å². The molecule has 0 radical (unpaired) electrons. The van der Waals surface area contributed by atoms with Crippen molar-refractivity contribution in [1.29, 1.82) is 0 Å². The number of halogens is 1. The Morgan fingerprint density at radius 2 is 2.05 bits per heavy atom. The van der Waals surface area contributed by atoms with Crippen molar-refractivity contribution in [1.82, 2.24) is 9.97 Å². The Labute approximate surface area is 109 Å². The van der Waals surface area contributed by atoms with Crippen molar-refractivity contribution in [3.8, 4) is 0 Å². The number of benzene rings is 1. The molecule has 6 heteroatoms. The zero-order chi connectivity index (χ0) is 13.7. The maximum Gasteiger partial charge on any atom is 0.221 e. The lowest BCUT2D eigenvalue weighted by atomic mass is 10.2. The minimum atomic E-state index is -0.383. The van der Waals surface area contributed by atoms with Crippen LogP contribution in [0.2, 0.25) is 0 Å². The van der Waals surface area contributed by atoms with Crippen LogP contribution >= 0.6 is 0 Å². The molecule has 5 nitrogen and oxygen atoms in total. The van der Waals surface area contributed by atoms with Gasteiger partial charge in [-0.2, -0.15) is 0 Å². The van der Waals surface area contributed by atoms with Gasteiger partial charge in [0.1, 0.15) is 12.1 Å². The van der Waals surface area contributed by atoms with Gasteiger partial charge in [-0.25, -0.2) is 14.4 Å². The topological polar surface area (TPSA) is 66.9 Å². The summed E-state index contributed by atoms with van der Waals surface area (Å²) in [7, 11) is 0. The van der Waals surface area contributed by atoms with Crippen LogP contribution in [-0.2, 0) is 11.3 Å². The molecule has 0 bridgehead atoms. The third-order valence-electron chi connectivity index (χ3n) is 2.38. The van der Waals surface area contributed by atoms with E-state index in [-0.39, 0.29) is 11.7 Å². The Hall–Kier alpha value is -2.50. The summed E-state index contributed by atoms with van der Waals surface area (Å²) >= 11 is 0. The van der Waals surface area contributed by atoms with E-state index in [0.29, 0.717) is 17.9 Å². The van der Waals surface area contributed by atoms with E-state index in [4.69, 9.17) is 0 Å². The lowest BCUT2D eigenvalue weighted by Gasteiger charge is -2.09. The minimum Gasteiger partial charge on any atom is -0.378 e. The van der Waals surface area contributed by atoms with E-state index in [1.807, 2.05) is 0 Å². The molecule has 1 heterocycles. The molecule has 19 heavy (non-hydrogen) atoms. The summed E-state index contributed by atoms with van der Waals surface area (Å²) < 4.78 is 13.6. The molecule has 0 saturated heterocycles. The molecule has 0 atom stereocenters. The van der Waals surface area contributed by atoms with Crippen molar-refractivity contribution in [2.24, 2.45) is 0 Å². The Bertz CT molecular complexity index is 574. The van der Waals surface area contributed by atoms with Gasteiger partial charge in [0.05, 0.1) is 5.69 Å². The largest absolute Gasteiger partial charge is 0.378 e. The van der Waals surface area contributed by atoms with Gasteiger partial charge < -0.3 is 10.6 Å². The van der Waals surface area contributed by atoms with Gasteiger partial charge >= 0.3 is 0 Å². The highest BCUT2D eigenvalue weighted by Crippen LogP contribution is 2.20. The monoisotopic (exact) mass is 260 g/mol. The molecule has 0 aliphatic rings. The van der Waals surface area contributed by atoms with Crippen LogP contribution < -0.4 is 10.6 Å². The molecule has 2 N–H and O–H groups in total. The number of hydrogen-bond acceptors (Lipinski definition) is 4. The Kier molecular flexibility index (Phi) is 4.02. The average molecular weight is 260 g/mol. The third kappa shape index (κ3) is 3.74. The molecule has 2 rings (SSSR count). The maximum atomic E-state index is 13.6. The zero-order valence-electron chi connectivity index (χ0n) is 10.4. The first-order valence-corrected chi connectivity index (χ1v) is 5.70. The quantitative estimate of drug-likeness (QED) is 0.884. The number of carbonyl (C=O) groups excluding carboxylic acids is 1. The maximum absolute atomic E-state index is 13.6. The fourth-order valence-electron chi connectivity index (χ4n) is 1.56. The van der Waals surface area contributed by atoms with Crippen molar-refractivity contribution >= 4 is 17.3 Å². The number of nitrogens with zero attached hydrogens (tertiary/aromatic N) is 2. The SMILES string of the molecule is CC(=O)Nc1ccc(F)c(NCc2cncnc2)c1. The highest BCUT2D eigenvalue weighted by molar-refractivity contribution is 5.89. The predicted molar refractivity (Wildman–Crippen MR) is 70.1 cm³/mol. The highest BCUT2D eigenvalue weighted by atomic mass is 19.1. The van der Waals surface area contributed by atoms with Crippen LogP contribution in [0.3, 0.4) is 0 Å². The first-order valence-electron chi connectivity index (χ1n) is 5.70. The second-order valence-corrected chi connectivity index (χ2v) is 3.98. The first-order chi connectivity index (χ1) is 9.15. The van der Waals surface area contributed by atoms with Gasteiger partial charge in [-0.3, -0.25) is 4.79 Å². The van der Waals surface area contributed by atoms with E-state index < -0.39 is 0 Å². The van der Waals surface area contributed by atoms with Crippen molar-refractivity contribution < 1.29 is 9.18 Å². The molecule has 0 aliphatic carbocycles. The summed E-state index contributed by atoms with van der Waals surface area (Å²) in [5, 5.41) is 5.54. The number of rotatable bonds is 4. The molecular formula is C13H13FN4O. The number of nitrogens with one attached hydrogen (secondary N) is 2. The summed E-state index contributed by atoms with van der Waals surface area (Å²) in [6, 6.07) is 4.35. The summed E-state index contributed by atoms with van der Waals surface area (Å²) in [6.07, 6.45) is 4.73. The second-order valence-electron chi connectivity index (χ2n) is 3.98. The van der Waals surface area contributed by atoms with E-state index in [0.717, 1.165) is 5.56 Å². The van der Waals surface area contributed by atoms with Crippen molar-refractivity contribution in [3.05, 3.63) is 48.3 Å². The van der Waals surface area contributed by atoms with Gasteiger partial charge in [-0.15, -0.1) is 0 Å². The van der Waals surface area contributed by atoms with Gasteiger partial charge in [0.15, 0.2) is 0 Å². The number of amides is 1. The lowest BCUT2D eigenvalue weighted by Crippen LogP contribution is -2.07. The number of aromatic nitrogens is 2. The molecule has 0 spiro atoms. The minimum absolute atomic E-state index is 0.200. The van der Waals surface area contributed by atoms with E-state index in [9.17, 15) is 9.18 Å². The molecule has 98 valence electrons. The van der Waals surface area contributed by atoms with Gasteiger partial charge in [0.2, 0.25) is 5.91 Å². The molecule has 0 unspecified atom stereocenters. The Morgan fingerprint density at radius 3 is 2.74 bits per heavy atom. The summed E-state index contributed by atoms with van der Waals surface area (Å²) in [4.78, 5) is 18.7. The van der Waals surface area contributed by atoms with Gasteiger partial charge in [0.25, 0.3) is 0 Å². The fraction of sp³-hybridized carbons (Fsp3) is 0.154. The predicted octanol–water partition coefficient (Wildman–Crippen LogP) is 2.19. The summed E-state index contributed by atoms with van der Waals surface area (Å²) in [6.45, 7) is 1.80. The highest BCUT2D eigenvalue weighted by Gasteiger charge is 2.04. The van der Waals surface area contributed by atoms with Crippen molar-refractivity contribution in [3.63, 3.8) is 0 Å². The average Bonchev–Trinajstić information content (AvgIpc) is 2.40. The van der Waals surface area contributed by atoms with E-state index in [1.165, 1.54) is 25.4 Å². The van der Waals surface area contributed by atoms with Gasteiger partial charge in [0, 0.05) is 37.1 Å². The third-order valence-corrected chi connectivity index (χ3v) is 2.38. The van der Waals surface area contributed by atoms with Gasteiger partial charge in [-0.1, -0.05) is 0 Å². The summed E-state index contributed by atoms with van der Waals surface area (Å²) in [5.41, 5.74) is 1.70. The van der Waals surface area contributed by atoms with E-state index in [2.05, 4.69) is 20.6 Å². The molecule has 0 saturated carbocycles. The van der Waals surface area contributed by atoms with Crippen LogP contribution in [-0.4, -0.2) is 15.9 Å². The first kappa shape index (κ1) is 12.9. The molecular weight excluding hydrogens is 247 g/mol. The molecule has 0 aliphatic heterocycles. The number of anilines is 2. The standard InChI is InChI=1S/C13H13FN4O/c1-9(19)18-11-2-3-12(14)13(4-11)17-7-10-5-15-8-16-6-10/h2-6,8,17H,7H2,1H3,(H,18,19). The zero-order valence-corrected chi connectivity index (χ0v) is 10.4. The molecule has 1 amide bonds. The van der Waals surface area contributed by atoms with Crippen LogP contribution in [0.1, 0.15) is 12.5 Å². The molecule has 0 fully saturated rings. The second kappa shape index (κ2) is 5.90. The van der Waals surface area contributed by atoms with E-state index in [1.54, 1.807) is 18.5 Å². The van der Waals surface area contributed by atoms with Crippen molar-refractivity contribution in [2.75, 3.05) is 10.6 Å². The van der Waals surface area contributed by atoms with Crippen LogP contribution in [0.4, 0.5) is 15.8 Å². The normalized spacial score (nSPS) is 10.0. The van der Waals surface area contributed by atoms with E-state index >= 15 is 0 Å². The smallest absolute Gasteiger partial charge is 0.221 e.